The summed E-state index contributed by atoms with van der Waals surface area (Å²) in [6.07, 6.45) is 0.689. The molecule has 0 aliphatic rings. The SMILES string of the molecule is CCC(C)C(NC(=O)c1nn(CC(C)C)c(=O)c2ccccc12)C(N)=O. The van der Waals surface area contributed by atoms with E-state index in [9.17, 15) is 14.4 Å². The van der Waals surface area contributed by atoms with Crippen LogP contribution in [0.5, 0.6) is 0 Å². The molecule has 26 heavy (non-hydrogen) atoms. The summed E-state index contributed by atoms with van der Waals surface area (Å²) in [4.78, 5) is 37.2. The Hall–Kier alpha value is -2.70. The van der Waals surface area contributed by atoms with E-state index in [1.807, 2.05) is 27.7 Å². The van der Waals surface area contributed by atoms with Gasteiger partial charge in [-0.1, -0.05) is 52.3 Å². The summed E-state index contributed by atoms with van der Waals surface area (Å²) >= 11 is 0. The van der Waals surface area contributed by atoms with E-state index in [1.165, 1.54) is 4.68 Å². The Bertz CT molecular complexity index is 873. The van der Waals surface area contributed by atoms with Gasteiger partial charge in [-0.05, 0) is 17.9 Å². The van der Waals surface area contributed by atoms with Gasteiger partial charge in [-0.15, -0.1) is 0 Å². The molecule has 3 N–H and O–H groups in total. The second-order valence-corrected chi connectivity index (χ2v) is 7.01. The molecule has 0 aliphatic carbocycles. The van der Waals surface area contributed by atoms with Crippen molar-refractivity contribution in [2.24, 2.45) is 17.6 Å². The molecular formula is C19H26N4O3. The lowest BCUT2D eigenvalue weighted by Gasteiger charge is -2.21. The van der Waals surface area contributed by atoms with E-state index >= 15 is 0 Å². The number of hydrogen-bond acceptors (Lipinski definition) is 4. The third kappa shape index (κ3) is 4.09. The van der Waals surface area contributed by atoms with Gasteiger partial charge in [0.2, 0.25) is 5.91 Å². The highest BCUT2D eigenvalue weighted by atomic mass is 16.2. The van der Waals surface area contributed by atoms with E-state index in [0.29, 0.717) is 23.7 Å². The van der Waals surface area contributed by atoms with Crippen LogP contribution in [-0.2, 0) is 11.3 Å². The van der Waals surface area contributed by atoms with Gasteiger partial charge in [0.15, 0.2) is 5.69 Å². The zero-order valence-electron chi connectivity index (χ0n) is 15.7. The summed E-state index contributed by atoms with van der Waals surface area (Å²) < 4.78 is 1.31. The number of benzene rings is 1. The summed E-state index contributed by atoms with van der Waals surface area (Å²) in [5, 5.41) is 7.85. The smallest absolute Gasteiger partial charge is 0.274 e. The van der Waals surface area contributed by atoms with Crippen molar-refractivity contribution in [3.63, 3.8) is 0 Å². The topological polar surface area (TPSA) is 107 Å². The maximum Gasteiger partial charge on any atom is 0.274 e. The molecule has 0 fully saturated rings. The van der Waals surface area contributed by atoms with Crippen LogP contribution >= 0.6 is 0 Å². The van der Waals surface area contributed by atoms with Crippen LogP contribution in [-0.4, -0.2) is 27.6 Å². The fourth-order valence-electron chi connectivity index (χ4n) is 2.81. The standard InChI is InChI=1S/C19H26N4O3/c1-5-12(4)15(17(20)24)21-18(25)16-13-8-6-7-9-14(13)19(26)23(22-16)10-11(2)3/h6-9,11-12,15H,5,10H2,1-4H3,(H2,20,24)(H,21,25). The first-order valence-corrected chi connectivity index (χ1v) is 8.86. The number of nitrogens with zero attached hydrogens (tertiary/aromatic N) is 2. The van der Waals surface area contributed by atoms with Gasteiger partial charge in [-0.3, -0.25) is 14.4 Å². The van der Waals surface area contributed by atoms with E-state index in [-0.39, 0.29) is 23.1 Å². The van der Waals surface area contributed by atoms with Crippen molar-refractivity contribution in [3.8, 4) is 0 Å². The fraction of sp³-hybridized carbons (Fsp3) is 0.474. The van der Waals surface area contributed by atoms with Crippen LogP contribution in [0.2, 0.25) is 0 Å². The summed E-state index contributed by atoms with van der Waals surface area (Å²) in [6, 6.07) is 6.05. The number of nitrogens with one attached hydrogen (secondary N) is 1. The quantitative estimate of drug-likeness (QED) is 0.785. The van der Waals surface area contributed by atoms with Gasteiger partial charge in [0, 0.05) is 11.9 Å². The molecule has 7 nitrogen and oxygen atoms in total. The van der Waals surface area contributed by atoms with Gasteiger partial charge in [0.1, 0.15) is 6.04 Å². The first-order chi connectivity index (χ1) is 12.3. The minimum atomic E-state index is -0.793. The molecule has 140 valence electrons. The normalized spacial score (nSPS) is 13.6. The molecule has 1 heterocycles. The molecule has 0 bridgehead atoms. The maximum atomic E-state index is 12.8. The molecule has 2 rings (SSSR count). The van der Waals surface area contributed by atoms with Gasteiger partial charge in [-0.2, -0.15) is 5.10 Å². The highest BCUT2D eigenvalue weighted by molar-refractivity contribution is 6.06. The maximum absolute atomic E-state index is 12.8. The molecule has 2 atom stereocenters. The zero-order chi connectivity index (χ0) is 19.4. The Kier molecular flexibility index (Phi) is 6.13. The Morgan fingerprint density at radius 1 is 1.19 bits per heavy atom. The first-order valence-electron chi connectivity index (χ1n) is 8.86. The molecule has 2 amide bonds. The number of nitrogens with two attached hydrogens (primary N) is 1. The van der Waals surface area contributed by atoms with Crippen molar-refractivity contribution in [2.75, 3.05) is 0 Å². The number of fused-ring (bicyclic) bond motifs is 1. The first kappa shape index (κ1) is 19.6. The number of rotatable bonds is 7. The molecule has 1 aromatic carbocycles. The largest absolute Gasteiger partial charge is 0.368 e. The Morgan fingerprint density at radius 2 is 1.81 bits per heavy atom. The highest BCUT2D eigenvalue weighted by Crippen LogP contribution is 2.15. The third-order valence-corrected chi connectivity index (χ3v) is 4.43. The van der Waals surface area contributed by atoms with E-state index in [1.54, 1.807) is 24.3 Å². The van der Waals surface area contributed by atoms with Crippen LogP contribution in [0, 0.1) is 11.8 Å². The van der Waals surface area contributed by atoms with Crippen molar-refractivity contribution in [3.05, 3.63) is 40.3 Å². The van der Waals surface area contributed by atoms with Crippen molar-refractivity contribution >= 4 is 22.6 Å². The molecule has 0 saturated heterocycles. The monoisotopic (exact) mass is 358 g/mol. The number of aromatic nitrogens is 2. The molecule has 2 aromatic rings. The van der Waals surface area contributed by atoms with Gasteiger partial charge >= 0.3 is 0 Å². The highest BCUT2D eigenvalue weighted by Gasteiger charge is 2.26. The van der Waals surface area contributed by atoms with Crippen LogP contribution in [0.25, 0.3) is 10.8 Å². The number of primary amides is 1. The van der Waals surface area contributed by atoms with E-state index in [2.05, 4.69) is 10.4 Å². The summed E-state index contributed by atoms with van der Waals surface area (Å²) in [5.41, 5.74) is 5.33. The number of amides is 2. The Morgan fingerprint density at radius 3 is 2.35 bits per heavy atom. The molecule has 2 unspecified atom stereocenters. The van der Waals surface area contributed by atoms with E-state index < -0.39 is 17.9 Å². The molecule has 7 heteroatoms. The predicted octanol–water partition coefficient (Wildman–Crippen LogP) is 1.68. The van der Waals surface area contributed by atoms with Crippen molar-refractivity contribution < 1.29 is 9.59 Å². The molecule has 0 saturated carbocycles. The molecular weight excluding hydrogens is 332 g/mol. The van der Waals surface area contributed by atoms with Crippen molar-refractivity contribution in [2.45, 2.75) is 46.7 Å². The van der Waals surface area contributed by atoms with Crippen LogP contribution in [0.4, 0.5) is 0 Å². The Labute approximate surface area is 152 Å². The van der Waals surface area contributed by atoms with E-state index in [4.69, 9.17) is 5.73 Å². The average molecular weight is 358 g/mol. The average Bonchev–Trinajstić information content (AvgIpc) is 2.60. The minimum Gasteiger partial charge on any atom is -0.368 e. The number of carbonyl (C=O) groups is 2. The lowest BCUT2D eigenvalue weighted by Crippen LogP contribution is -2.48. The van der Waals surface area contributed by atoms with Gasteiger partial charge in [0.05, 0.1) is 5.39 Å². The predicted molar refractivity (Wildman–Crippen MR) is 101 cm³/mol. The summed E-state index contributed by atoms with van der Waals surface area (Å²) in [7, 11) is 0. The van der Waals surface area contributed by atoms with Crippen molar-refractivity contribution in [1.82, 2.24) is 15.1 Å². The Balaban J connectivity index is 2.53. The van der Waals surface area contributed by atoms with Crippen LogP contribution in [0.1, 0.15) is 44.6 Å². The summed E-state index contributed by atoms with van der Waals surface area (Å²) in [6.45, 7) is 8.10. The lowest BCUT2D eigenvalue weighted by atomic mass is 9.98. The molecule has 0 spiro atoms. The second kappa shape index (κ2) is 8.12. The third-order valence-electron chi connectivity index (χ3n) is 4.43. The van der Waals surface area contributed by atoms with Crippen molar-refractivity contribution in [1.29, 1.82) is 0 Å². The van der Waals surface area contributed by atoms with E-state index in [0.717, 1.165) is 0 Å². The zero-order valence-corrected chi connectivity index (χ0v) is 15.7. The van der Waals surface area contributed by atoms with Gasteiger partial charge in [0.25, 0.3) is 11.5 Å². The van der Waals surface area contributed by atoms with Crippen LogP contribution in [0.15, 0.2) is 29.1 Å². The molecule has 0 aliphatic heterocycles. The fourth-order valence-corrected chi connectivity index (χ4v) is 2.81. The van der Waals surface area contributed by atoms with Gasteiger partial charge in [-0.25, -0.2) is 4.68 Å². The minimum absolute atomic E-state index is 0.107. The van der Waals surface area contributed by atoms with Crippen LogP contribution < -0.4 is 16.6 Å². The lowest BCUT2D eigenvalue weighted by molar-refractivity contribution is -0.120. The summed E-state index contributed by atoms with van der Waals surface area (Å²) in [5.74, 6) is -1.02. The van der Waals surface area contributed by atoms with Crippen LogP contribution in [0.3, 0.4) is 0 Å². The van der Waals surface area contributed by atoms with Gasteiger partial charge < -0.3 is 11.1 Å². The molecule has 1 aromatic heterocycles. The number of carbonyl (C=O) groups excluding carboxylic acids is 2. The molecule has 0 radical (unpaired) electrons. The number of hydrogen-bond donors (Lipinski definition) is 2. The second-order valence-electron chi connectivity index (χ2n) is 7.01.